The molecule has 0 spiro atoms. The van der Waals surface area contributed by atoms with Crippen molar-refractivity contribution < 1.29 is 14.6 Å². The second kappa shape index (κ2) is 9.76. The lowest BCUT2D eigenvalue weighted by molar-refractivity contribution is 0.0299. The van der Waals surface area contributed by atoms with Crippen LogP contribution in [0.4, 0.5) is 0 Å². The molecule has 0 aromatic carbocycles. The molecule has 1 aliphatic rings. The summed E-state index contributed by atoms with van der Waals surface area (Å²) >= 11 is 0. The topological polar surface area (TPSA) is 38.7 Å². The van der Waals surface area contributed by atoms with E-state index in [1.54, 1.807) is 7.11 Å². The molecule has 0 bridgehead atoms. The predicted octanol–water partition coefficient (Wildman–Crippen LogP) is 3.01. The molecule has 1 N–H and O–H groups in total. The van der Waals surface area contributed by atoms with E-state index in [4.69, 9.17) is 9.47 Å². The van der Waals surface area contributed by atoms with Crippen LogP contribution in [0.25, 0.3) is 0 Å². The fourth-order valence-electron chi connectivity index (χ4n) is 3.02. The van der Waals surface area contributed by atoms with Crippen molar-refractivity contribution in [1.82, 2.24) is 0 Å². The summed E-state index contributed by atoms with van der Waals surface area (Å²) in [7, 11) is 1.69. The van der Waals surface area contributed by atoms with E-state index in [1.807, 2.05) is 0 Å². The third-order valence-electron chi connectivity index (χ3n) is 4.04. The minimum atomic E-state index is -0.0721. The van der Waals surface area contributed by atoms with Crippen molar-refractivity contribution in [2.45, 2.75) is 58.0 Å². The van der Waals surface area contributed by atoms with E-state index < -0.39 is 0 Å². The van der Waals surface area contributed by atoms with E-state index in [9.17, 15) is 5.11 Å². The summed E-state index contributed by atoms with van der Waals surface area (Å²) in [4.78, 5) is 0. The van der Waals surface area contributed by atoms with Crippen LogP contribution >= 0.6 is 0 Å². The Kier molecular flexibility index (Phi) is 8.64. The first kappa shape index (κ1) is 15.9. The molecule has 1 aliphatic carbocycles. The fourth-order valence-corrected chi connectivity index (χ4v) is 3.02. The third kappa shape index (κ3) is 6.17. The zero-order chi connectivity index (χ0) is 13.2. The van der Waals surface area contributed by atoms with Crippen LogP contribution < -0.4 is 0 Å². The lowest BCUT2D eigenvalue weighted by Crippen LogP contribution is -2.29. The molecule has 3 unspecified atom stereocenters. The van der Waals surface area contributed by atoms with Gasteiger partial charge < -0.3 is 14.6 Å². The molecule has 108 valence electrons. The van der Waals surface area contributed by atoms with E-state index >= 15 is 0 Å². The van der Waals surface area contributed by atoms with Crippen LogP contribution in [0.3, 0.4) is 0 Å². The van der Waals surface area contributed by atoms with Crippen LogP contribution in [0, 0.1) is 11.8 Å². The minimum absolute atomic E-state index is 0.0721. The molecule has 0 radical (unpaired) electrons. The minimum Gasteiger partial charge on any atom is -0.393 e. The quantitative estimate of drug-likeness (QED) is 0.646. The number of methoxy groups -OCH3 is 1. The molecule has 1 saturated carbocycles. The molecular weight excluding hydrogens is 228 g/mol. The molecule has 0 amide bonds. The van der Waals surface area contributed by atoms with Gasteiger partial charge in [0, 0.05) is 13.7 Å². The van der Waals surface area contributed by atoms with Crippen molar-refractivity contribution in [3.05, 3.63) is 0 Å². The summed E-state index contributed by atoms with van der Waals surface area (Å²) < 4.78 is 10.4. The molecule has 1 fully saturated rings. The molecule has 3 atom stereocenters. The Morgan fingerprint density at radius 3 is 2.67 bits per heavy atom. The van der Waals surface area contributed by atoms with Crippen molar-refractivity contribution in [2.24, 2.45) is 11.8 Å². The Labute approximate surface area is 112 Å². The number of hydrogen-bond acceptors (Lipinski definition) is 3. The van der Waals surface area contributed by atoms with Gasteiger partial charge in [0.05, 0.1) is 19.3 Å². The summed E-state index contributed by atoms with van der Waals surface area (Å²) in [6, 6.07) is 0. The average Bonchev–Trinajstić information content (AvgIpc) is 2.37. The van der Waals surface area contributed by atoms with Crippen LogP contribution in [0.5, 0.6) is 0 Å². The Hall–Kier alpha value is -0.120. The van der Waals surface area contributed by atoms with E-state index in [1.165, 1.54) is 25.7 Å². The normalized spacial score (nSPS) is 28.5. The van der Waals surface area contributed by atoms with Crippen molar-refractivity contribution in [1.29, 1.82) is 0 Å². The monoisotopic (exact) mass is 258 g/mol. The maximum Gasteiger partial charge on any atom is 0.0700 e. The molecule has 3 heteroatoms. The maximum atomic E-state index is 10.0. The van der Waals surface area contributed by atoms with Crippen LogP contribution in [0.15, 0.2) is 0 Å². The zero-order valence-electron chi connectivity index (χ0n) is 12.1. The van der Waals surface area contributed by atoms with Crippen molar-refractivity contribution in [3.8, 4) is 0 Å². The van der Waals surface area contributed by atoms with Gasteiger partial charge in [-0.25, -0.2) is 0 Å². The molecule has 0 heterocycles. The lowest BCUT2D eigenvalue weighted by Gasteiger charge is -2.33. The first-order valence-corrected chi connectivity index (χ1v) is 7.52. The van der Waals surface area contributed by atoms with Crippen LogP contribution in [0.1, 0.15) is 51.9 Å². The summed E-state index contributed by atoms with van der Waals surface area (Å²) in [5.74, 6) is 1.35. The van der Waals surface area contributed by atoms with Gasteiger partial charge in [0.2, 0.25) is 0 Å². The molecule has 3 nitrogen and oxygen atoms in total. The number of hydrogen-bond donors (Lipinski definition) is 1. The van der Waals surface area contributed by atoms with Gasteiger partial charge in [0.15, 0.2) is 0 Å². The molecular formula is C15H30O3. The number of rotatable bonds is 9. The van der Waals surface area contributed by atoms with Crippen LogP contribution in [0.2, 0.25) is 0 Å². The van der Waals surface area contributed by atoms with Crippen molar-refractivity contribution in [3.63, 3.8) is 0 Å². The highest BCUT2D eigenvalue weighted by molar-refractivity contribution is 4.79. The fraction of sp³-hybridized carbons (Fsp3) is 1.00. The standard InChI is InChI=1S/C15H30O3/c1-3-5-13-7-8-15(16)14(12-13)6-4-9-18-11-10-17-2/h13-16H,3-12H2,1-2H3. The SMILES string of the molecule is CCCC1CCC(O)C(CCCOCCOC)C1. The Morgan fingerprint density at radius 1 is 1.11 bits per heavy atom. The van der Waals surface area contributed by atoms with Gasteiger partial charge in [-0.3, -0.25) is 0 Å². The first-order chi connectivity index (χ1) is 8.77. The molecule has 0 saturated heterocycles. The summed E-state index contributed by atoms with van der Waals surface area (Å²) in [6.07, 6.45) is 8.12. The average molecular weight is 258 g/mol. The van der Waals surface area contributed by atoms with Crippen LogP contribution in [-0.4, -0.2) is 38.1 Å². The third-order valence-corrected chi connectivity index (χ3v) is 4.04. The van der Waals surface area contributed by atoms with Gasteiger partial charge >= 0.3 is 0 Å². The van der Waals surface area contributed by atoms with Gasteiger partial charge in [-0.1, -0.05) is 19.8 Å². The highest BCUT2D eigenvalue weighted by Crippen LogP contribution is 2.34. The molecule has 0 aromatic rings. The molecule has 0 aliphatic heterocycles. The summed E-state index contributed by atoms with van der Waals surface area (Å²) in [5.41, 5.74) is 0. The Morgan fingerprint density at radius 2 is 1.94 bits per heavy atom. The van der Waals surface area contributed by atoms with E-state index in [0.717, 1.165) is 31.8 Å². The van der Waals surface area contributed by atoms with Gasteiger partial charge in [-0.05, 0) is 43.9 Å². The number of aliphatic hydroxyl groups is 1. The van der Waals surface area contributed by atoms with E-state index in [-0.39, 0.29) is 6.10 Å². The molecule has 18 heavy (non-hydrogen) atoms. The summed E-state index contributed by atoms with van der Waals surface area (Å²) in [6.45, 7) is 4.40. The Bertz CT molecular complexity index is 196. The lowest BCUT2D eigenvalue weighted by atomic mass is 9.76. The predicted molar refractivity (Wildman–Crippen MR) is 73.7 cm³/mol. The van der Waals surface area contributed by atoms with Gasteiger partial charge in [-0.15, -0.1) is 0 Å². The van der Waals surface area contributed by atoms with Gasteiger partial charge in [0.25, 0.3) is 0 Å². The highest BCUT2D eigenvalue weighted by Gasteiger charge is 2.28. The van der Waals surface area contributed by atoms with Gasteiger partial charge in [-0.2, -0.15) is 0 Å². The Balaban J connectivity index is 2.10. The maximum absolute atomic E-state index is 10.0. The first-order valence-electron chi connectivity index (χ1n) is 7.52. The number of aliphatic hydroxyl groups excluding tert-OH is 1. The molecule has 0 aromatic heterocycles. The molecule has 1 rings (SSSR count). The summed E-state index contributed by atoms with van der Waals surface area (Å²) in [5, 5.41) is 10.0. The van der Waals surface area contributed by atoms with Gasteiger partial charge in [0.1, 0.15) is 0 Å². The largest absolute Gasteiger partial charge is 0.393 e. The van der Waals surface area contributed by atoms with Crippen LogP contribution in [-0.2, 0) is 9.47 Å². The highest BCUT2D eigenvalue weighted by atomic mass is 16.5. The van der Waals surface area contributed by atoms with E-state index in [2.05, 4.69) is 6.92 Å². The smallest absolute Gasteiger partial charge is 0.0700 e. The van der Waals surface area contributed by atoms with Crippen molar-refractivity contribution >= 4 is 0 Å². The second-order valence-corrected chi connectivity index (χ2v) is 5.54. The number of ether oxygens (including phenoxy) is 2. The second-order valence-electron chi connectivity index (χ2n) is 5.54. The van der Waals surface area contributed by atoms with E-state index in [0.29, 0.717) is 19.1 Å². The van der Waals surface area contributed by atoms with Crippen molar-refractivity contribution in [2.75, 3.05) is 26.9 Å². The zero-order valence-corrected chi connectivity index (χ0v) is 12.1.